The molecule has 118 valence electrons. The smallest absolute Gasteiger partial charge is 0.292 e. The lowest BCUT2D eigenvalue weighted by atomic mass is 10.1. The molecule has 2 rings (SSSR count). The Morgan fingerprint density at radius 2 is 1.74 bits per heavy atom. The van der Waals surface area contributed by atoms with E-state index < -0.39 is 11.7 Å². The van der Waals surface area contributed by atoms with Crippen LogP contribution in [0.5, 0.6) is 5.75 Å². The van der Waals surface area contributed by atoms with Crippen LogP contribution in [-0.4, -0.2) is 23.9 Å². The monoisotopic (exact) mass is 311 g/mol. The zero-order valence-corrected chi connectivity index (χ0v) is 12.7. The van der Waals surface area contributed by atoms with E-state index >= 15 is 0 Å². The minimum atomic E-state index is -0.811. The van der Waals surface area contributed by atoms with Crippen LogP contribution in [0, 0.1) is 0 Å². The van der Waals surface area contributed by atoms with Crippen LogP contribution in [0.3, 0.4) is 0 Å². The molecule has 0 saturated heterocycles. The molecule has 0 bridgehead atoms. The van der Waals surface area contributed by atoms with Crippen LogP contribution in [0.2, 0.25) is 0 Å². The lowest BCUT2D eigenvalue weighted by Crippen LogP contribution is -2.29. The van der Waals surface area contributed by atoms with Crippen molar-refractivity contribution >= 4 is 17.4 Å². The fourth-order valence-corrected chi connectivity index (χ4v) is 1.90. The third kappa shape index (κ3) is 4.71. The van der Waals surface area contributed by atoms with Gasteiger partial charge in [0.2, 0.25) is 5.78 Å². The number of ketones is 1. The number of carbonyl (C=O) groups excluding carboxylic acids is 2. The average Bonchev–Trinajstić information content (AvgIpc) is 2.60. The lowest BCUT2D eigenvalue weighted by Gasteiger charge is -2.04. The van der Waals surface area contributed by atoms with Crippen LogP contribution in [0.15, 0.2) is 60.7 Å². The van der Waals surface area contributed by atoms with Crippen LogP contribution >= 0.6 is 0 Å². The van der Waals surface area contributed by atoms with Crippen molar-refractivity contribution in [1.29, 1.82) is 0 Å². The summed E-state index contributed by atoms with van der Waals surface area (Å²) in [5.74, 6) is -1.22. The number of hydrogen-bond donors (Lipinski definition) is 2. The van der Waals surface area contributed by atoms with Gasteiger partial charge in [-0.15, -0.1) is 0 Å². The molecule has 5 nitrogen and oxygen atoms in total. The molecule has 0 atom stereocenters. The quantitative estimate of drug-likeness (QED) is 0.488. The van der Waals surface area contributed by atoms with Crippen molar-refractivity contribution in [2.75, 3.05) is 7.11 Å². The van der Waals surface area contributed by atoms with Crippen LogP contribution in [0.25, 0.3) is 5.76 Å². The number of ether oxygens (including phenoxy) is 1. The lowest BCUT2D eigenvalue weighted by molar-refractivity contribution is -0.135. The van der Waals surface area contributed by atoms with E-state index in [9.17, 15) is 14.7 Å². The molecule has 0 saturated carbocycles. The van der Waals surface area contributed by atoms with E-state index in [0.29, 0.717) is 11.3 Å². The molecule has 0 fully saturated rings. The predicted octanol–water partition coefficient (Wildman–Crippen LogP) is 2.48. The number of rotatable bonds is 6. The zero-order chi connectivity index (χ0) is 16.7. The average molecular weight is 311 g/mol. The van der Waals surface area contributed by atoms with E-state index in [1.165, 1.54) is 7.11 Å². The van der Waals surface area contributed by atoms with Crippen LogP contribution in [0.1, 0.15) is 11.1 Å². The van der Waals surface area contributed by atoms with Gasteiger partial charge in [-0.25, -0.2) is 0 Å². The number of amides is 1. The van der Waals surface area contributed by atoms with Crippen molar-refractivity contribution in [2.24, 2.45) is 0 Å². The van der Waals surface area contributed by atoms with Gasteiger partial charge in [-0.3, -0.25) is 9.59 Å². The Labute approximate surface area is 134 Å². The summed E-state index contributed by atoms with van der Waals surface area (Å²) < 4.78 is 5.01. The van der Waals surface area contributed by atoms with Gasteiger partial charge in [-0.2, -0.15) is 0 Å². The second kappa shape index (κ2) is 7.79. The number of methoxy groups -OCH3 is 1. The molecule has 2 aromatic carbocycles. The van der Waals surface area contributed by atoms with Crippen molar-refractivity contribution < 1.29 is 19.4 Å². The van der Waals surface area contributed by atoms with Gasteiger partial charge in [0.05, 0.1) is 7.11 Å². The van der Waals surface area contributed by atoms with Crippen molar-refractivity contribution in [3.8, 4) is 5.75 Å². The van der Waals surface area contributed by atoms with E-state index in [4.69, 9.17) is 4.74 Å². The van der Waals surface area contributed by atoms with E-state index in [1.54, 1.807) is 24.3 Å². The number of nitrogens with one attached hydrogen (secondary N) is 1. The molecular formula is C18H17NO4. The first-order valence-corrected chi connectivity index (χ1v) is 7.01. The molecule has 0 aliphatic carbocycles. The Morgan fingerprint density at radius 3 is 2.35 bits per heavy atom. The summed E-state index contributed by atoms with van der Waals surface area (Å²) in [7, 11) is 1.53. The summed E-state index contributed by atoms with van der Waals surface area (Å²) in [6.07, 6.45) is 0.905. The number of carbonyl (C=O) groups is 2. The standard InChI is InChI=1S/C18H17NO4/c1-23-15-9-7-14(8-10-15)16(20)11-17(21)18(22)19-12-13-5-3-2-4-6-13/h2-11,20H,12H2,1H3,(H,19,22). The highest BCUT2D eigenvalue weighted by Crippen LogP contribution is 2.16. The first kappa shape index (κ1) is 16.3. The maximum atomic E-state index is 11.8. The van der Waals surface area contributed by atoms with Gasteiger partial charge in [0.1, 0.15) is 11.5 Å². The second-order valence-corrected chi connectivity index (χ2v) is 4.79. The molecule has 0 unspecified atom stereocenters. The highest BCUT2D eigenvalue weighted by Gasteiger charge is 2.12. The maximum Gasteiger partial charge on any atom is 0.292 e. The molecule has 23 heavy (non-hydrogen) atoms. The first-order valence-electron chi connectivity index (χ1n) is 7.01. The van der Waals surface area contributed by atoms with Gasteiger partial charge < -0.3 is 15.2 Å². The molecule has 0 spiro atoms. The fraction of sp³-hybridized carbons (Fsp3) is 0.111. The molecule has 0 aliphatic rings. The topological polar surface area (TPSA) is 75.6 Å². The Kier molecular flexibility index (Phi) is 5.52. The maximum absolute atomic E-state index is 11.8. The highest BCUT2D eigenvalue weighted by molar-refractivity contribution is 6.41. The van der Waals surface area contributed by atoms with Crippen molar-refractivity contribution in [3.63, 3.8) is 0 Å². The third-order valence-corrected chi connectivity index (χ3v) is 3.17. The van der Waals surface area contributed by atoms with Gasteiger partial charge in [-0.1, -0.05) is 30.3 Å². The largest absolute Gasteiger partial charge is 0.507 e. The molecule has 2 N–H and O–H groups in total. The molecule has 0 heterocycles. The summed E-state index contributed by atoms with van der Waals surface area (Å²) in [5.41, 5.74) is 1.31. The van der Waals surface area contributed by atoms with Crippen molar-refractivity contribution in [1.82, 2.24) is 5.32 Å². The molecule has 0 aromatic heterocycles. The van der Waals surface area contributed by atoms with Gasteiger partial charge in [0.25, 0.3) is 5.91 Å². The Hall–Kier alpha value is -3.08. The Bertz CT molecular complexity index is 706. The van der Waals surface area contributed by atoms with E-state index in [2.05, 4.69) is 5.32 Å². The Balaban J connectivity index is 1.96. The van der Waals surface area contributed by atoms with Crippen molar-refractivity contribution in [3.05, 3.63) is 71.8 Å². The summed E-state index contributed by atoms with van der Waals surface area (Å²) in [5, 5.41) is 12.4. The van der Waals surface area contributed by atoms with E-state index in [-0.39, 0.29) is 12.3 Å². The number of aliphatic hydroxyl groups is 1. The third-order valence-electron chi connectivity index (χ3n) is 3.17. The van der Waals surface area contributed by atoms with Gasteiger partial charge in [-0.05, 0) is 29.8 Å². The molecule has 5 heteroatoms. The molecule has 2 aromatic rings. The normalized spacial score (nSPS) is 10.9. The number of benzene rings is 2. The summed E-state index contributed by atoms with van der Waals surface area (Å²) in [4.78, 5) is 23.5. The first-order chi connectivity index (χ1) is 11.1. The number of aliphatic hydroxyl groups excluding tert-OH is 1. The summed E-state index contributed by atoms with van der Waals surface area (Å²) in [6, 6.07) is 15.7. The predicted molar refractivity (Wildman–Crippen MR) is 86.9 cm³/mol. The molecule has 0 radical (unpaired) electrons. The fourth-order valence-electron chi connectivity index (χ4n) is 1.90. The molecule has 0 aliphatic heterocycles. The van der Waals surface area contributed by atoms with Crippen LogP contribution in [0.4, 0.5) is 0 Å². The number of hydrogen-bond acceptors (Lipinski definition) is 4. The second-order valence-electron chi connectivity index (χ2n) is 4.79. The summed E-state index contributed by atoms with van der Waals surface area (Å²) in [6.45, 7) is 0.253. The van der Waals surface area contributed by atoms with Gasteiger partial charge in [0, 0.05) is 18.2 Å². The van der Waals surface area contributed by atoms with Crippen LogP contribution < -0.4 is 10.1 Å². The Morgan fingerprint density at radius 1 is 1.09 bits per heavy atom. The summed E-state index contributed by atoms with van der Waals surface area (Å²) >= 11 is 0. The molecule has 1 amide bonds. The van der Waals surface area contributed by atoms with Gasteiger partial charge >= 0.3 is 0 Å². The van der Waals surface area contributed by atoms with Crippen LogP contribution in [-0.2, 0) is 16.1 Å². The van der Waals surface area contributed by atoms with Crippen molar-refractivity contribution in [2.45, 2.75) is 6.54 Å². The minimum Gasteiger partial charge on any atom is -0.507 e. The van der Waals surface area contributed by atoms with E-state index in [0.717, 1.165) is 11.6 Å². The molecular weight excluding hydrogens is 294 g/mol. The SMILES string of the molecule is COc1ccc(C(O)=CC(=O)C(=O)NCc2ccccc2)cc1. The highest BCUT2D eigenvalue weighted by atomic mass is 16.5. The van der Waals surface area contributed by atoms with Gasteiger partial charge in [0.15, 0.2) is 0 Å². The zero-order valence-electron chi connectivity index (χ0n) is 12.7. The minimum absolute atomic E-state index is 0.253. The van der Waals surface area contributed by atoms with E-state index in [1.807, 2.05) is 30.3 Å².